The molecule has 68 heavy (non-hydrogen) atoms. The number of aromatic hydroxyl groups is 4. The number of esters is 1. The van der Waals surface area contributed by atoms with E-state index in [2.05, 4.69) is 0 Å². The average Bonchev–Trinajstić information content (AvgIpc) is 3.31. The van der Waals surface area contributed by atoms with Crippen molar-refractivity contribution in [3.8, 4) is 57.3 Å². The predicted molar refractivity (Wildman–Crippen MR) is 225 cm³/mol. The van der Waals surface area contributed by atoms with Crippen molar-refractivity contribution in [3.63, 3.8) is 0 Å². The van der Waals surface area contributed by atoms with Gasteiger partial charge in [0.2, 0.25) is 24.1 Å². The fraction of sp³-hybridized carbons (Fsp3) is 0.455. The third-order valence-corrected chi connectivity index (χ3v) is 11.4. The van der Waals surface area contributed by atoms with Gasteiger partial charge in [0.15, 0.2) is 35.4 Å². The van der Waals surface area contributed by atoms with Gasteiger partial charge in [0.05, 0.1) is 45.2 Å². The Bertz CT molecular complexity index is 2450. The Labute approximate surface area is 384 Å². The smallest absolute Gasteiger partial charge is 0.402 e. The monoisotopic (exact) mass is 963 g/mol. The molecule has 0 radical (unpaired) electrons. The normalized spacial score (nSPS) is 31.9. The van der Waals surface area contributed by atoms with Crippen molar-refractivity contribution in [1.29, 1.82) is 0 Å². The van der Waals surface area contributed by atoms with Crippen molar-refractivity contribution in [2.75, 3.05) is 27.4 Å². The molecule has 370 valence electrons. The van der Waals surface area contributed by atoms with Gasteiger partial charge in [0.25, 0.3) is 0 Å². The van der Waals surface area contributed by atoms with Crippen LogP contribution in [-0.4, -0.2) is 192 Å². The summed E-state index contributed by atoms with van der Waals surface area (Å²) in [6.07, 6.45) is -23.3. The number of aliphatic hydroxyl groups excluding tert-OH is 9. The molecule has 1 aromatic heterocycles. The molecule has 0 spiro atoms. The van der Waals surface area contributed by atoms with Gasteiger partial charge in [-0.15, -0.1) is 0 Å². The Hall–Kier alpha value is -5.84. The second-order valence-electron chi connectivity index (χ2n) is 16.0. The number of carbonyl (C=O) groups is 1. The van der Waals surface area contributed by atoms with Gasteiger partial charge in [-0.2, -0.15) is 0 Å². The van der Waals surface area contributed by atoms with E-state index in [-0.39, 0.29) is 51.0 Å². The van der Waals surface area contributed by atoms with E-state index in [1.165, 1.54) is 51.5 Å². The van der Waals surface area contributed by atoms with Crippen molar-refractivity contribution in [1.82, 2.24) is 0 Å². The minimum absolute atomic E-state index is 0.0480. The van der Waals surface area contributed by atoms with Crippen LogP contribution in [0.15, 0.2) is 59.0 Å². The molecule has 4 aromatic rings. The molecule has 0 aliphatic carbocycles. The number of rotatable bonds is 14. The Morgan fingerprint density at radius 1 is 0.662 bits per heavy atom. The summed E-state index contributed by atoms with van der Waals surface area (Å²) in [7, 11) is 2.57. The van der Waals surface area contributed by atoms with E-state index in [0.717, 1.165) is 24.3 Å². The van der Waals surface area contributed by atoms with Gasteiger partial charge < -0.3 is 109 Å². The topological polar surface area (TPSA) is 374 Å². The molecule has 3 fully saturated rings. The lowest BCUT2D eigenvalue weighted by Crippen LogP contribution is -2.62. The highest BCUT2D eigenvalue weighted by Crippen LogP contribution is 2.46. The first-order chi connectivity index (χ1) is 32.3. The number of aliphatic hydroxyl groups is 9. The molecular formula is C44H51O24+. The lowest BCUT2D eigenvalue weighted by Gasteiger charge is -2.42. The molecule has 3 aliphatic heterocycles. The van der Waals surface area contributed by atoms with Crippen LogP contribution in [0.4, 0.5) is 0 Å². The van der Waals surface area contributed by atoms with Crippen LogP contribution in [0.25, 0.3) is 28.4 Å². The number of phenolic OH excluding ortho intramolecular Hbond substituents is 4. The van der Waals surface area contributed by atoms with Gasteiger partial charge in [0, 0.05) is 30.3 Å². The minimum Gasteiger partial charge on any atom is -0.507 e. The largest absolute Gasteiger partial charge is 0.507 e. The maximum Gasteiger partial charge on any atom is 0.402 e. The zero-order valence-electron chi connectivity index (χ0n) is 36.2. The first-order valence-corrected chi connectivity index (χ1v) is 20.8. The summed E-state index contributed by atoms with van der Waals surface area (Å²) in [5, 5.41) is 138. The van der Waals surface area contributed by atoms with Crippen LogP contribution >= 0.6 is 0 Å². The second-order valence-corrected chi connectivity index (χ2v) is 16.0. The summed E-state index contributed by atoms with van der Waals surface area (Å²) in [5.41, 5.74) is 0.199. The zero-order chi connectivity index (χ0) is 49.3. The molecule has 4 heterocycles. The molecule has 3 aliphatic rings. The molecule has 24 heteroatoms. The molecule has 0 unspecified atom stereocenters. The minimum atomic E-state index is -2.02. The Morgan fingerprint density at radius 2 is 1.29 bits per heavy atom. The van der Waals surface area contributed by atoms with Gasteiger partial charge in [-0.05, 0) is 30.7 Å². The highest BCUT2D eigenvalue weighted by Gasteiger charge is 2.50. The lowest BCUT2D eigenvalue weighted by molar-refractivity contribution is -0.319. The average molecular weight is 964 g/mol. The Kier molecular flexibility index (Phi) is 15.3. The van der Waals surface area contributed by atoms with E-state index in [9.17, 15) is 71.2 Å². The van der Waals surface area contributed by atoms with Crippen molar-refractivity contribution in [3.05, 3.63) is 60.2 Å². The lowest BCUT2D eigenvalue weighted by atomic mass is 9.98. The molecule has 13 N–H and O–H groups in total. The summed E-state index contributed by atoms with van der Waals surface area (Å²) in [6, 6.07) is 10.0. The van der Waals surface area contributed by atoms with Gasteiger partial charge in [0.1, 0.15) is 77.9 Å². The highest BCUT2D eigenvalue weighted by atomic mass is 16.7. The third-order valence-electron chi connectivity index (χ3n) is 11.4. The van der Waals surface area contributed by atoms with Crippen LogP contribution in [0.5, 0.6) is 46.0 Å². The molecule has 3 aromatic carbocycles. The van der Waals surface area contributed by atoms with E-state index in [0.29, 0.717) is 5.56 Å². The molecule has 24 nitrogen and oxygen atoms in total. The summed E-state index contributed by atoms with van der Waals surface area (Å²) in [5.74, 6) is -3.91. The number of phenols is 4. The second kappa shape index (κ2) is 20.8. The van der Waals surface area contributed by atoms with E-state index in [1.807, 2.05) is 0 Å². The number of hydrogen-bond donors (Lipinski definition) is 13. The van der Waals surface area contributed by atoms with Crippen LogP contribution in [0.2, 0.25) is 0 Å². The standard InChI is InChI=1S/C44H50O24/c1-16-40(68-30(49)7-5-17-4-6-23(59-2)21(47)8-17)36(55)39(58)42(62-16)61-15-29-33(52)35(54)38(57)44(67-29)65-27-13-20-24(63-41(27)18-9-22(48)31(50)26(10-18)60-3)11-19(46)12-25(20)64-43-37(56)34(53)32(51)28(14-45)66-43/h4-13,16,28-29,32-40,42-45,51-58H,14-15H2,1-3H3,(H3-,46,47,48,50)/p+1/b7-5+/t16-,28-,29-,32-,33-,34+,35+,36+,37-,38-,39-,40+,42-,43-,44-/m1/s1. The van der Waals surface area contributed by atoms with Gasteiger partial charge in [-0.3, -0.25) is 0 Å². The first kappa shape index (κ1) is 50.0. The first-order valence-electron chi connectivity index (χ1n) is 20.8. The van der Waals surface area contributed by atoms with E-state index >= 15 is 0 Å². The highest BCUT2D eigenvalue weighted by molar-refractivity contribution is 5.89. The van der Waals surface area contributed by atoms with Crippen LogP contribution in [0, 0.1) is 0 Å². The molecular weight excluding hydrogens is 912 g/mol. The SMILES string of the molecule is COc1ccc(/C=C/C(=O)O[C@@H]2[C@@H](O)[C@@H](O)[C@H](OC[C@H]3O[C@@H](Oc4cc5c(O[C@@H]6O[C@H](CO)[C@@H](O)[C@H](O)[C@H]6O)cc(O)cc5[o+]c4-c4cc(O)c(O)c(OC)c4)[C@H](O)[C@@H](O)[C@@H]3O)O[C@@H]2C)cc1O. The molecule has 7 rings (SSSR count). The van der Waals surface area contributed by atoms with E-state index in [1.54, 1.807) is 6.07 Å². The van der Waals surface area contributed by atoms with Gasteiger partial charge >= 0.3 is 17.3 Å². The summed E-state index contributed by atoms with van der Waals surface area (Å²) in [4.78, 5) is 12.7. The number of ether oxygens (including phenoxy) is 9. The third kappa shape index (κ3) is 10.3. The number of hydrogen-bond acceptors (Lipinski definition) is 23. The van der Waals surface area contributed by atoms with Crippen molar-refractivity contribution < 1.29 is 118 Å². The van der Waals surface area contributed by atoms with Crippen LogP contribution in [0.1, 0.15) is 12.5 Å². The maximum atomic E-state index is 12.7. The molecule has 0 saturated carbocycles. The van der Waals surface area contributed by atoms with Crippen molar-refractivity contribution in [2.24, 2.45) is 0 Å². The van der Waals surface area contributed by atoms with Crippen molar-refractivity contribution in [2.45, 2.75) is 99.0 Å². The maximum absolute atomic E-state index is 12.7. The number of carbonyl (C=O) groups excluding carboxylic acids is 1. The molecule has 15 atom stereocenters. The summed E-state index contributed by atoms with van der Waals surface area (Å²) in [6.45, 7) is -0.0575. The Balaban J connectivity index is 1.12. The van der Waals surface area contributed by atoms with Crippen LogP contribution in [0.3, 0.4) is 0 Å². The molecule has 0 bridgehead atoms. The molecule has 0 amide bonds. The summed E-state index contributed by atoms with van der Waals surface area (Å²) < 4.78 is 56.4. The number of fused-ring (bicyclic) bond motifs is 1. The fourth-order valence-electron chi connectivity index (χ4n) is 7.65. The van der Waals surface area contributed by atoms with E-state index in [4.69, 9.17) is 47.0 Å². The van der Waals surface area contributed by atoms with Gasteiger partial charge in [-0.1, -0.05) is 6.07 Å². The van der Waals surface area contributed by atoms with Crippen LogP contribution in [-0.2, 0) is 28.5 Å². The fourth-order valence-corrected chi connectivity index (χ4v) is 7.65. The number of benzene rings is 3. The zero-order valence-corrected chi connectivity index (χ0v) is 36.2. The predicted octanol–water partition coefficient (Wildman–Crippen LogP) is -1.31. The summed E-state index contributed by atoms with van der Waals surface area (Å²) >= 11 is 0. The van der Waals surface area contributed by atoms with Gasteiger partial charge in [-0.25, -0.2) is 9.21 Å². The number of methoxy groups -OCH3 is 2. The Morgan fingerprint density at radius 3 is 1.94 bits per heavy atom. The molecule has 3 saturated heterocycles. The van der Waals surface area contributed by atoms with Crippen LogP contribution < -0.4 is 18.9 Å². The van der Waals surface area contributed by atoms with Crippen molar-refractivity contribution >= 4 is 23.0 Å². The van der Waals surface area contributed by atoms with E-state index < -0.39 is 129 Å². The quantitative estimate of drug-likeness (QED) is 0.0302.